The Kier molecular flexibility index (Phi) is 9.15. The van der Waals surface area contributed by atoms with Gasteiger partial charge >= 0.3 is 0 Å². The molecule has 0 saturated carbocycles. The number of aryl methyl sites for hydroxylation is 2. The van der Waals surface area contributed by atoms with Crippen LogP contribution >= 0.6 is 23.2 Å². The zero-order valence-corrected chi connectivity index (χ0v) is 23.8. The Morgan fingerprint density at radius 1 is 1.21 bits per heavy atom. The van der Waals surface area contributed by atoms with Crippen molar-refractivity contribution in [3.05, 3.63) is 63.3 Å². The lowest BCUT2D eigenvalue weighted by molar-refractivity contribution is -0.124. The van der Waals surface area contributed by atoms with Crippen molar-refractivity contribution in [2.75, 3.05) is 19.6 Å². The first-order chi connectivity index (χ1) is 18.1. The van der Waals surface area contributed by atoms with Crippen molar-refractivity contribution < 1.29 is 17.9 Å². The van der Waals surface area contributed by atoms with E-state index in [2.05, 4.69) is 10.3 Å². The summed E-state index contributed by atoms with van der Waals surface area (Å²) in [5, 5.41) is 4.05. The molecular weight excluding hydrogens is 547 g/mol. The molecular formula is C27H32Cl2N4O4S. The third-order valence-electron chi connectivity index (χ3n) is 6.68. The summed E-state index contributed by atoms with van der Waals surface area (Å²) in [6, 6.07) is 9.73. The number of benzene rings is 2. The molecule has 1 aromatic heterocycles. The maximum absolute atomic E-state index is 13.7. The van der Waals surface area contributed by atoms with Crippen molar-refractivity contribution in [3.63, 3.8) is 0 Å². The second kappa shape index (κ2) is 12.2. The molecule has 38 heavy (non-hydrogen) atoms. The van der Waals surface area contributed by atoms with Crippen LogP contribution in [0, 0.1) is 13.8 Å². The van der Waals surface area contributed by atoms with E-state index in [0.29, 0.717) is 42.8 Å². The second-order valence-corrected chi connectivity index (χ2v) is 12.1. The van der Waals surface area contributed by atoms with Gasteiger partial charge in [-0.25, -0.2) is 13.4 Å². The molecule has 1 unspecified atom stereocenters. The number of hydrogen-bond acceptors (Lipinski definition) is 6. The Hall–Kier alpha value is -2.43. The number of hydrogen-bond donors (Lipinski definition) is 2. The van der Waals surface area contributed by atoms with Crippen LogP contribution in [0.2, 0.25) is 10.0 Å². The lowest BCUT2D eigenvalue weighted by Crippen LogP contribution is -2.46. The lowest BCUT2D eigenvalue weighted by Gasteiger charge is -2.24. The van der Waals surface area contributed by atoms with Gasteiger partial charge in [0.25, 0.3) is 0 Å². The first-order valence-corrected chi connectivity index (χ1v) is 14.8. The number of pyridine rings is 1. The molecule has 1 saturated heterocycles. The van der Waals surface area contributed by atoms with E-state index in [0.717, 1.165) is 29.5 Å². The third kappa shape index (κ3) is 5.92. The molecule has 0 bridgehead atoms. The van der Waals surface area contributed by atoms with Gasteiger partial charge in [-0.15, -0.1) is 0 Å². The van der Waals surface area contributed by atoms with Gasteiger partial charge in [0.15, 0.2) is 0 Å². The predicted molar refractivity (Wildman–Crippen MR) is 150 cm³/mol. The summed E-state index contributed by atoms with van der Waals surface area (Å²) in [5.74, 6) is 0.228. The normalized spacial score (nSPS) is 16.2. The van der Waals surface area contributed by atoms with E-state index in [1.54, 1.807) is 6.07 Å². The second-order valence-electron chi connectivity index (χ2n) is 9.42. The number of aromatic nitrogens is 1. The highest BCUT2D eigenvalue weighted by Crippen LogP contribution is 2.36. The van der Waals surface area contributed by atoms with Crippen LogP contribution in [0.15, 0.2) is 41.3 Å². The summed E-state index contributed by atoms with van der Waals surface area (Å²) in [5.41, 5.74) is 8.49. The van der Waals surface area contributed by atoms with Crippen molar-refractivity contribution in [1.82, 2.24) is 14.6 Å². The molecule has 0 radical (unpaired) electrons. The van der Waals surface area contributed by atoms with Gasteiger partial charge in [0.05, 0.1) is 5.02 Å². The largest absolute Gasteiger partial charge is 0.487 e. The molecule has 1 aliphatic heterocycles. The van der Waals surface area contributed by atoms with E-state index >= 15 is 0 Å². The maximum Gasteiger partial charge on any atom is 0.245 e. The van der Waals surface area contributed by atoms with Crippen LogP contribution in [0.3, 0.4) is 0 Å². The van der Waals surface area contributed by atoms with E-state index in [4.69, 9.17) is 33.7 Å². The molecule has 204 valence electrons. The summed E-state index contributed by atoms with van der Waals surface area (Å²) in [6.45, 7) is 5.09. The van der Waals surface area contributed by atoms with Crippen LogP contribution in [0.25, 0.3) is 10.9 Å². The standard InChI is InChI=1S/C27H32Cl2N4O4S/c1-17-15-18(2)32-26-19(17)7-5-9-23(26)37-16-20-21(28)10-11-24(25(20)29)38(35,36)33-14-6-8-22(33)27(34)31-13-4-3-12-30/h5,7,9-11,15,22H,3-4,6,8,12-14,16,30H2,1-2H3,(H,31,34). The molecule has 11 heteroatoms. The zero-order chi connectivity index (χ0) is 27.4. The number of carbonyl (C=O) groups is 1. The van der Waals surface area contributed by atoms with Crippen LogP contribution in [-0.4, -0.2) is 49.3 Å². The molecule has 4 rings (SSSR count). The number of carbonyl (C=O) groups excluding carboxylic acids is 1. The Balaban J connectivity index is 1.59. The van der Waals surface area contributed by atoms with Crippen molar-refractivity contribution in [3.8, 4) is 5.75 Å². The number of halogens is 2. The first kappa shape index (κ1) is 28.6. The fourth-order valence-electron chi connectivity index (χ4n) is 4.74. The smallest absolute Gasteiger partial charge is 0.245 e. The number of amides is 1. The van der Waals surface area contributed by atoms with Crippen molar-refractivity contribution in [2.24, 2.45) is 5.73 Å². The lowest BCUT2D eigenvalue weighted by atomic mass is 10.1. The average Bonchev–Trinajstić information content (AvgIpc) is 3.38. The summed E-state index contributed by atoms with van der Waals surface area (Å²) in [6.07, 6.45) is 2.54. The minimum absolute atomic E-state index is 0.0212. The number of nitrogens with one attached hydrogen (secondary N) is 1. The summed E-state index contributed by atoms with van der Waals surface area (Å²) >= 11 is 13.1. The molecule has 3 N–H and O–H groups in total. The number of fused-ring (bicyclic) bond motifs is 1. The Bertz CT molecular complexity index is 1450. The maximum atomic E-state index is 13.7. The van der Waals surface area contributed by atoms with Crippen LogP contribution in [-0.2, 0) is 21.4 Å². The van der Waals surface area contributed by atoms with Crippen LogP contribution in [0.4, 0.5) is 0 Å². The van der Waals surface area contributed by atoms with E-state index in [1.165, 1.54) is 16.4 Å². The summed E-state index contributed by atoms with van der Waals surface area (Å²) in [4.78, 5) is 17.3. The number of nitrogens with zero attached hydrogens (tertiary/aromatic N) is 2. The number of unbranched alkanes of at least 4 members (excludes halogenated alkanes) is 1. The molecule has 8 nitrogen and oxygen atoms in total. The van der Waals surface area contributed by atoms with Crippen molar-refractivity contribution in [1.29, 1.82) is 0 Å². The molecule has 2 aromatic carbocycles. The molecule has 3 aromatic rings. The molecule has 1 amide bonds. The molecule has 1 aliphatic rings. The number of rotatable bonds is 10. The summed E-state index contributed by atoms with van der Waals surface area (Å²) < 4.78 is 34.7. The van der Waals surface area contributed by atoms with Gasteiger partial charge in [-0.1, -0.05) is 35.3 Å². The number of ether oxygens (including phenoxy) is 1. The number of para-hydroxylation sites is 1. The number of sulfonamides is 1. The Morgan fingerprint density at radius 2 is 2.00 bits per heavy atom. The highest BCUT2D eigenvalue weighted by molar-refractivity contribution is 7.89. The van der Waals surface area contributed by atoms with E-state index in [9.17, 15) is 13.2 Å². The third-order valence-corrected chi connectivity index (χ3v) is 9.53. The van der Waals surface area contributed by atoms with E-state index in [-0.39, 0.29) is 34.0 Å². The minimum Gasteiger partial charge on any atom is -0.487 e. The molecule has 1 atom stereocenters. The van der Waals surface area contributed by atoms with Crippen LogP contribution < -0.4 is 15.8 Å². The van der Waals surface area contributed by atoms with Gasteiger partial charge in [-0.3, -0.25) is 4.79 Å². The first-order valence-electron chi connectivity index (χ1n) is 12.6. The summed E-state index contributed by atoms with van der Waals surface area (Å²) in [7, 11) is -4.07. The highest BCUT2D eigenvalue weighted by atomic mass is 35.5. The molecule has 2 heterocycles. The molecule has 0 spiro atoms. The highest BCUT2D eigenvalue weighted by Gasteiger charge is 2.40. The van der Waals surface area contributed by atoms with Crippen LogP contribution in [0.5, 0.6) is 5.75 Å². The monoisotopic (exact) mass is 578 g/mol. The van der Waals surface area contributed by atoms with E-state index < -0.39 is 16.1 Å². The molecule has 1 fully saturated rings. The fraction of sp³-hybridized carbons (Fsp3) is 0.407. The van der Waals surface area contributed by atoms with Gasteiger partial charge < -0.3 is 15.8 Å². The predicted octanol–water partition coefficient (Wildman–Crippen LogP) is 4.75. The van der Waals surface area contributed by atoms with E-state index in [1.807, 2.05) is 32.0 Å². The Morgan fingerprint density at radius 3 is 2.76 bits per heavy atom. The van der Waals surface area contributed by atoms with Gasteiger partial charge in [0.2, 0.25) is 15.9 Å². The fourth-order valence-corrected chi connectivity index (χ4v) is 7.26. The van der Waals surface area contributed by atoms with Gasteiger partial charge in [0, 0.05) is 34.8 Å². The van der Waals surface area contributed by atoms with Gasteiger partial charge in [-0.05, 0) is 75.9 Å². The minimum atomic E-state index is -4.07. The quantitative estimate of drug-likeness (QED) is 0.335. The number of nitrogens with two attached hydrogens (primary N) is 1. The van der Waals surface area contributed by atoms with Crippen molar-refractivity contribution in [2.45, 2.75) is 57.1 Å². The zero-order valence-electron chi connectivity index (χ0n) is 21.5. The molecule has 0 aliphatic carbocycles. The van der Waals surface area contributed by atoms with Gasteiger partial charge in [-0.2, -0.15) is 4.31 Å². The SMILES string of the molecule is Cc1cc(C)c2cccc(OCc3c(Cl)ccc(S(=O)(=O)N4CCCC4C(=O)NCCCCN)c3Cl)c2n1. The topological polar surface area (TPSA) is 115 Å². The van der Waals surface area contributed by atoms with Crippen LogP contribution in [0.1, 0.15) is 42.5 Å². The Labute approximate surface area is 233 Å². The average molecular weight is 580 g/mol. The van der Waals surface area contributed by atoms with Crippen molar-refractivity contribution >= 4 is 50.0 Å². The van der Waals surface area contributed by atoms with Gasteiger partial charge in [0.1, 0.15) is 28.8 Å².